The number of phenols is 1. The first-order valence-corrected chi connectivity index (χ1v) is 16.0. The zero-order valence-electron chi connectivity index (χ0n) is 27.0. The molecule has 0 saturated carbocycles. The highest BCUT2D eigenvalue weighted by atomic mass is 16.4. The number of hydrogen-bond acceptors (Lipinski definition) is 7. The lowest BCUT2D eigenvalue weighted by molar-refractivity contribution is -0.142. The normalized spacial score (nSPS) is 13.6. The number of nitrogens with one attached hydrogen (secondary N) is 5. The Morgan fingerprint density at radius 2 is 1.18 bits per heavy atom. The van der Waals surface area contributed by atoms with Crippen molar-refractivity contribution in [3.8, 4) is 5.75 Å². The van der Waals surface area contributed by atoms with Gasteiger partial charge in [-0.25, -0.2) is 4.79 Å². The van der Waals surface area contributed by atoms with Gasteiger partial charge in [0.1, 0.15) is 23.9 Å². The maximum Gasteiger partial charge on any atom is 0.326 e. The Bertz CT molecular complexity index is 2000. The van der Waals surface area contributed by atoms with Crippen LogP contribution in [0, 0.1) is 0 Å². The highest BCUT2D eigenvalue weighted by Gasteiger charge is 2.31. The number of amides is 4. The minimum atomic E-state index is -1.35. The van der Waals surface area contributed by atoms with Crippen LogP contribution in [-0.4, -0.2) is 73.9 Å². The van der Waals surface area contributed by atoms with Crippen LogP contribution in [0.3, 0.4) is 0 Å². The van der Waals surface area contributed by atoms with Gasteiger partial charge in [-0.15, -0.1) is 0 Å². The predicted octanol–water partition coefficient (Wildman–Crippen LogP) is 1.51. The quantitative estimate of drug-likeness (QED) is 0.0737. The zero-order chi connectivity index (χ0) is 35.8. The smallest absolute Gasteiger partial charge is 0.326 e. The summed E-state index contributed by atoms with van der Waals surface area (Å²) in [6, 6.07) is 15.8. The number of nitrogens with two attached hydrogens (primary N) is 2. The number of aromatic amines is 2. The molecule has 14 heteroatoms. The molecule has 4 atom stereocenters. The Morgan fingerprint density at radius 1 is 0.660 bits per heavy atom. The number of carbonyl (C=O) groups is 5. The lowest BCUT2D eigenvalue weighted by atomic mass is 10.0. The highest BCUT2D eigenvalue weighted by molar-refractivity contribution is 5.95. The van der Waals surface area contributed by atoms with Crippen LogP contribution >= 0.6 is 0 Å². The largest absolute Gasteiger partial charge is 0.508 e. The third kappa shape index (κ3) is 8.85. The standard InChI is InChI=1S/C36H39N7O7/c37-26(16-21-18-39-27-7-3-1-5-24(21)27)33(46)41-29(13-14-32(38)45)34(47)42-30(15-20-9-11-23(44)12-10-20)35(48)43-31(36(49)50)17-22-19-40-28-8-4-2-6-25(22)28/h1-12,18-19,26,29-31,39-40,44H,13-17,37H2,(H2,38,45)(H,41,46)(H,42,47)(H,43,48)(H,49,50). The highest BCUT2D eigenvalue weighted by Crippen LogP contribution is 2.21. The van der Waals surface area contributed by atoms with E-state index < -0.39 is 53.8 Å². The van der Waals surface area contributed by atoms with E-state index >= 15 is 0 Å². The fourth-order valence-corrected chi connectivity index (χ4v) is 5.81. The molecular formula is C36H39N7O7. The van der Waals surface area contributed by atoms with Crippen LogP contribution < -0.4 is 27.4 Å². The van der Waals surface area contributed by atoms with Crippen LogP contribution in [0.2, 0.25) is 0 Å². The Morgan fingerprint density at radius 3 is 1.76 bits per heavy atom. The number of aromatic nitrogens is 2. The van der Waals surface area contributed by atoms with Crippen molar-refractivity contribution in [3.63, 3.8) is 0 Å². The van der Waals surface area contributed by atoms with Gasteiger partial charge in [0.2, 0.25) is 23.6 Å². The molecular weight excluding hydrogens is 642 g/mol. The molecule has 4 amide bonds. The Balaban J connectivity index is 1.33. The number of aliphatic carboxylic acids is 1. The van der Waals surface area contributed by atoms with Crippen LogP contribution in [0.1, 0.15) is 29.5 Å². The van der Waals surface area contributed by atoms with E-state index in [2.05, 4.69) is 25.9 Å². The summed E-state index contributed by atoms with van der Waals surface area (Å²) >= 11 is 0. The van der Waals surface area contributed by atoms with E-state index in [1.165, 1.54) is 12.1 Å². The molecule has 0 aliphatic heterocycles. The third-order valence-corrected chi connectivity index (χ3v) is 8.49. The molecule has 0 spiro atoms. The Hall–Kier alpha value is -6.15. The number of carboxylic acids is 1. The number of fused-ring (bicyclic) bond motifs is 2. The number of phenolic OH excluding ortho intramolecular Hbond substituents is 1. The van der Waals surface area contributed by atoms with Gasteiger partial charge in [0.05, 0.1) is 6.04 Å². The van der Waals surface area contributed by atoms with Crippen molar-refractivity contribution in [2.75, 3.05) is 0 Å². The van der Waals surface area contributed by atoms with Gasteiger partial charge in [0, 0.05) is 53.5 Å². The SMILES string of the molecule is NC(=O)CCC(NC(=O)C(N)Cc1c[nH]c2ccccc12)C(=O)NC(Cc1ccc(O)cc1)C(=O)NC(Cc1c[nH]c2ccccc12)C(=O)O. The second kappa shape index (κ2) is 15.8. The molecule has 3 aromatic carbocycles. The first-order valence-electron chi connectivity index (χ1n) is 16.0. The number of rotatable bonds is 16. The topological polar surface area (TPSA) is 246 Å². The number of primary amides is 1. The van der Waals surface area contributed by atoms with Crippen molar-refractivity contribution in [1.82, 2.24) is 25.9 Å². The molecule has 0 aliphatic rings. The molecule has 5 aromatic rings. The van der Waals surface area contributed by atoms with Crippen molar-refractivity contribution in [3.05, 3.63) is 102 Å². The fraction of sp³-hybridized carbons (Fsp3) is 0.250. The summed E-state index contributed by atoms with van der Waals surface area (Å²) in [7, 11) is 0. The van der Waals surface area contributed by atoms with E-state index in [0.717, 1.165) is 27.4 Å². The van der Waals surface area contributed by atoms with Crippen molar-refractivity contribution in [2.45, 2.75) is 56.3 Å². The summed E-state index contributed by atoms with van der Waals surface area (Å²) in [5, 5.41) is 29.3. The van der Waals surface area contributed by atoms with Gasteiger partial charge in [-0.2, -0.15) is 0 Å². The van der Waals surface area contributed by atoms with Gasteiger partial charge in [-0.3, -0.25) is 19.2 Å². The number of benzene rings is 3. The van der Waals surface area contributed by atoms with Gasteiger partial charge in [-0.1, -0.05) is 48.5 Å². The molecule has 14 nitrogen and oxygen atoms in total. The van der Waals surface area contributed by atoms with E-state index in [1.807, 2.05) is 48.5 Å². The van der Waals surface area contributed by atoms with Gasteiger partial charge in [0.25, 0.3) is 0 Å². The van der Waals surface area contributed by atoms with E-state index in [-0.39, 0.29) is 37.9 Å². The molecule has 2 aromatic heterocycles. The molecule has 11 N–H and O–H groups in total. The summed E-state index contributed by atoms with van der Waals surface area (Å²) < 4.78 is 0. The van der Waals surface area contributed by atoms with E-state index in [9.17, 15) is 34.2 Å². The first-order chi connectivity index (χ1) is 24.0. The fourth-order valence-electron chi connectivity index (χ4n) is 5.81. The minimum absolute atomic E-state index is 0.0124. The molecule has 50 heavy (non-hydrogen) atoms. The van der Waals surface area contributed by atoms with Crippen molar-refractivity contribution in [1.29, 1.82) is 0 Å². The van der Waals surface area contributed by atoms with Crippen molar-refractivity contribution >= 4 is 51.4 Å². The molecule has 0 radical (unpaired) electrons. The molecule has 0 saturated heterocycles. The molecule has 0 aliphatic carbocycles. The number of para-hydroxylation sites is 2. The number of hydrogen-bond donors (Lipinski definition) is 9. The monoisotopic (exact) mass is 681 g/mol. The average molecular weight is 682 g/mol. The van der Waals surface area contributed by atoms with Gasteiger partial charge < -0.3 is 47.6 Å². The third-order valence-electron chi connectivity index (χ3n) is 8.49. The molecule has 260 valence electrons. The van der Waals surface area contributed by atoms with Crippen LogP contribution in [0.5, 0.6) is 5.75 Å². The number of aromatic hydroxyl groups is 1. The summed E-state index contributed by atoms with van der Waals surface area (Å²) in [5.41, 5.74) is 15.3. The number of H-pyrrole nitrogens is 2. The molecule has 4 unspecified atom stereocenters. The summed E-state index contributed by atoms with van der Waals surface area (Å²) in [6.45, 7) is 0. The van der Waals surface area contributed by atoms with Crippen LogP contribution in [0.15, 0.2) is 85.2 Å². The lowest BCUT2D eigenvalue weighted by Crippen LogP contribution is -2.58. The lowest BCUT2D eigenvalue weighted by Gasteiger charge is -2.25. The van der Waals surface area contributed by atoms with E-state index in [1.54, 1.807) is 24.5 Å². The summed E-state index contributed by atoms with van der Waals surface area (Å²) in [6.07, 6.45) is 3.01. The molecule has 0 bridgehead atoms. The second-order valence-corrected chi connectivity index (χ2v) is 12.1. The van der Waals surface area contributed by atoms with E-state index in [4.69, 9.17) is 11.5 Å². The van der Waals surface area contributed by atoms with Crippen LogP contribution in [0.25, 0.3) is 21.8 Å². The van der Waals surface area contributed by atoms with Crippen LogP contribution in [-0.2, 0) is 43.2 Å². The predicted molar refractivity (Wildman–Crippen MR) is 186 cm³/mol. The summed E-state index contributed by atoms with van der Waals surface area (Å²) in [4.78, 5) is 70.9. The van der Waals surface area contributed by atoms with Gasteiger partial charge in [-0.05, 0) is 53.8 Å². The van der Waals surface area contributed by atoms with Gasteiger partial charge >= 0.3 is 5.97 Å². The average Bonchev–Trinajstić information content (AvgIpc) is 3.70. The Kier molecular flexibility index (Phi) is 11.1. The summed E-state index contributed by atoms with van der Waals surface area (Å²) in [5.74, 6) is -4.27. The van der Waals surface area contributed by atoms with Crippen LogP contribution in [0.4, 0.5) is 0 Å². The molecule has 2 heterocycles. The van der Waals surface area contributed by atoms with E-state index in [0.29, 0.717) is 11.1 Å². The molecule has 0 fully saturated rings. The second-order valence-electron chi connectivity index (χ2n) is 12.1. The maximum atomic E-state index is 13.7. The molecule has 5 rings (SSSR count). The maximum absolute atomic E-state index is 13.7. The minimum Gasteiger partial charge on any atom is -0.508 e. The van der Waals surface area contributed by atoms with Crippen molar-refractivity contribution < 1.29 is 34.2 Å². The van der Waals surface area contributed by atoms with Gasteiger partial charge in [0.15, 0.2) is 0 Å². The zero-order valence-corrected chi connectivity index (χ0v) is 27.0. The number of carbonyl (C=O) groups excluding carboxylic acids is 4. The first kappa shape index (κ1) is 35.2. The Labute approximate surface area is 286 Å². The van der Waals surface area contributed by atoms with Crippen molar-refractivity contribution in [2.24, 2.45) is 11.5 Å². The number of carboxylic acid groups (broad SMARTS) is 1.